The molecule has 0 bridgehead atoms. The average molecular weight is 234 g/mol. The van der Waals surface area contributed by atoms with Crippen LogP contribution in [-0.4, -0.2) is 10.1 Å². The normalized spacial score (nSPS) is 11.2. The smallest absolute Gasteiger partial charge is 0.338 e. The van der Waals surface area contributed by atoms with Crippen LogP contribution in [0.5, 0.6) is 0 Å². The quantitative estimate of drug-likeness (QED) is 0.602. The summed E-state index contributed by atoms with van der Waals surface area (Å²) in [7, 11) is 0. The van der Waals surface area contributed by atoms with Gasteiger partial charge in [0.05, 0.1) is 4.92 Å². The Hall–Kier alpha value is -2.37. The monoisotopic (exact) mass is 234 g/mol. The molecule has 6 nitrogen and oxygen atoms in total. The number of aryl methyl sites for hydroxylation is 2. The Bertz CT molecular complexity index is 580. The second-order valence-corrected chi connectivity index (χ2v) is 3.52. The van der Waals surface area contributed by atoms with Gasteiger partial charge >= 0.3 is 5.69 Å². The molecule has 88 valence electrons. The molecule has 0 radical (unpaired) electrons. The molecule has 17 heavy (non-hydrogen) atoms. The first-order valence-electron chi connectivity index (χ1n) is 4.93. The summed E-state index contributed by atoms with van der Waals surface area (Å²) in [6.45, 7) is 3.34. The number of hydrogen-bond donors (Lipinski definition) is 0. The highest BCUT2D eigenvalue weighted by atomic mass is 16.6. The first kappa shape index (κ1) is 11.1. The summed E-state index contributed by atoms with van der Waals surface area (Å²) in [6, 6.07) is 3.57. The highest BCUT2D eigenvalue weighted by molar-refractivity contribution is 5.69. The first-order chi connectivity index (χ1) is 8.08. The molecule has 2 aromatic rings. The highest BCUT2D eigenvalue weighted by Gasteiger charge is 2.21. The lowest BCUT2D eigenvalue weighted by Gasteiger charge is -1.87. The van der Waals surface area contributed by atoms with Gasteiger partial charge in [0.15, 0.2) is 5.69 Å². The van der Waals surface area contributed by atoms with Crippen molar-refractivity contribution in [2.75, 3.05) is 0 Å². The lowest BCUT2D eigenvalue weighted by molar-refractivity contribution is -0.386. The van der Waals surface area contributed by atoms with E-state index in [4.69, 9.17) is 8.94 Å². The lowest BCUT2D eigenvalue weighted by atomic mass is 10.3. The van der Waals surface area contributed by atoms with E-state index in [1.165, 1.54) is 13.0 Å². The molecule has 2 rings (SSSR count). The second-order valence-electron chi connectivity index (χ2n) is 3.52. The van der Waals surface area contributed by atoms with Gasteiger partial charge in [-0.1, -0.05) is 5.16 Å². The Kier molecular flexibility index (Phi) is 2.78. The molecule has 0 unspecified atom stereocenters. The van der Waals surface area contributed by atoms with Gasteiger partial charge in [0, 0.05) is 0 Å². The Morgan fingerprint density at radius 2 is 2.12 bits per heavy atom. The van der Waals surface area contributed by atoms with Crippen LogP contribution < -0.4 is 0 Å². The molecule has 0 N–H and O–H groups in total. The summed E-state index contributed by atoms with van der Waals surface area (Å²) in [5.74, 6) is 1.49. The molecular formula is C11H10N2O4. The number of nitrogens with zero attached hydrogens (tertiary/aromatic N) is 2. The van der Waals surface area contributed by atoms with Gasteiger partial charge in [-0.25, -0.2) is 0 Å². The fourth-order valence-corrected chi connectivity index (χ4v) is 1.41. The van der Waals surface area contributed by atoms with Crippen molar-refractivity contribution in [3.63, 3.8) is 0 Å². The van der Waals surface area contributed by atoms with Gasteiger partial charge in [-0.05, 0) is 38.1 Å². The fraction of sp³-hybridized carbons (Fsp3) is 0.182. The van der Waals surface area contributed by atoms with Crippen molar-refractivity contribution < 1.29 is 13.9 Å². The Morgan fingerprint density at radius 1 is 1.35 bits per heavy atom. The van der Waals surface area contributed by atoms with E-state index in [1.807, 2.05) is 6.92 Å². The molecule has 0 aliphatic rings. The summed E-state index contributed by atoms with van der Waals surface area (Å²) >= 11 is 0. The predicted molar refractivity (Wildman–Crippen MR) is 60.3 cm³/mol. The topological polar surface area (TPSA) is 82.3 Å². The van der Waals surface area contributed by atoms with Crippen LogP contribution in [0.25, 0.3) is 12.2 Å². The minimum atomic E-state index is -0.515. The summed E-state index contributed by atoms with van der Waals surface area (Å²) in [5.41, 5.74) is 0.134. The maximum Gasteiger partial charge on any atom is 0.338 e. The summed E-state index contributed by atoms with van der Waals surface area (Å²) < 4.78 is 10.2. The van der Waals surface area contributed by atoms with Crippen LogP contribution in [0.3, 0.4) is 0 Å². The molecule has 2 heterocycles. The molecule has 0 aliphatic heterocycles. The van der Waals surface area contributed by atoms with E-state index in [9.17, 15) is 10.1 Å². The molecule has 0 aliphatic carbocycles. The van der Waals surface area contributed by atoms with E-state index < -0.39 is 4.92 Å². The lowest BCUT2D eigenvalue weighted by Crippen LogP contribution is -1.89. The predicted octanol–water partition coefficient (Wildman–Crippen LogP) is 2.96. The van der Waals surface area contributed by atoms with Crippen molar-refractivity contribution in [1.29, 1.82) is 0 Å². The van der Waals surface area contributed by atoms with Crippen LogP contribution in [0, 0.1) is 24.0 Å². The first-order valence-corrected chi connectivity index (χ1v) is 4.93. The molecule has 0 aromatic carbocycles. The van der Waals surface area contributed by atoms with Crippen LogP contribution >= 0.6 is 0 Å². The maximum absolute atomic E-state index is 10.8. The highest BCUT2D eigenvalue weighted by Crippen LogP contribution is 2.24. The third-order valence-corrected chi connectivity index (χ3v) is 2.20. The zero-order valence-corrected chi connectivity index (χ0v) is 9.34. The van der Waals surface area contributed by atoms with E-state index in [0.29, 0.717) is 5.76 Å². The van der Waals surface area contributed by atoms with E-state index >= 15 is 0 Å². The Balaban J connectivity index is 2.30. The number of hydrogen-bond acceptors (Lipinski definition) is 5. The minimum Gasteiger partial charge on any atom is -0.462 e. The second kappa shape index (κ2) is 4.25. The SMILES string of the molecule is Cc1ccc(/C=C\c2onc(C)c2[N+](=O)[O-])o1. The standard InChI is InChI=1S/C11H10N2O4/c1-7-3-4-9(16-7)5-6-10-11(13(14)15)8(2)12-17-10/h3-6H,1-2H3/b6-5-. The molecule has 6 heteroatoms. The molecule has 0 fully saturated rings. The largest absolute Gasteiger partial charge is 0.462 e. The van der Waals surface area contributed by atoms with E-state index in [2.05, 4.69) is 5.16 Å². The molecule has 2 aromatic heterocycles. The van der Waals surface area contributed by atoms with Gasteiger partial charge in [-0.2, -0.15) is 0 Å². The summed E-state index contributed by atoms with van der Waals surface area (Å²) in [6.07, 6.45) is 3.07. The third kappa shape index (κ3) is 2.25. The van der Waals surface area contributed by atoms with Gasteiger partial charge in [0.1, 0.15) is 11.5 Å². The van der Waals surface area contributed by atoms with E-state index in [0.717, 1.165) is 5.76 Å². The Morgan fingerprint density at radius 3 is 2.71 bits per heavy atom. The molecule has 0 spiro atoms. The van der Waals surface area contributed by atoms with Gasteiger partial charge in [0.25, 0.3) is 0 Å². The van der Waals surface area contributed by atoms with Crippen molar-refractivity contribution >= 4 is 17.8 Å². The van der Waals surface area contributed by atoms with E-state index in [-0.39, 0.29) is 17.1 Å². The van der Waals surface area contributed by atoms with Crippen LogP contribution in [0.2, 0.25) is 0 Å². The number of aromatic nitrogens is 1. The number of furan rings is 1. The molecule has 0 amide bonds. The van der Waals surface area contributed by atoms with Gasteiger partial charge in [-0.15, -0.1) is 0 Å². The molecule has 0 saturated heterocycles. The van der Waals surface area contributed by atoms with Crippen molar-refractivity contribution in [1.82, 2.24) is 5.16 Å². The third-order valence-electron chi connectivity index (χ3n) is 2.20. The molecular weight excluding hydrogens is 224 g/mol. The van der Waals surface area contributed by atoms with Crippen molar-refractivity contribution in [3.8, 4) is 0 Å². The van der Waals surface area contributed by atoms with Crippen molar-refractivity contribution in [2.45, 2.75) is 13.8 Å². The zero-order chi connectivity index (χ0) is 12.4. The van der Waals surface area contributed by atoms with Crippen LogP contribution in [0.15, 0.2) is 21.1 Å². The van der Waals surface area contributed by atoms with Crippen LogP contribution in [0.1, 0.15) is 23.0 Å². The number of nitro groups is 1. The van der Waals surface area contributed by atoms with Crippen molar-refractivity contribution in [3.05, 3.63) is 45.2 Å². The van der Waals surface area contributed by atoms with Crippen molar-refractivity contribution in [2.24, 2.45) is 0 Å². The molecule has 0 atom stereocenters. The van der Waals surface area contributed by atoms with Gasteiger partial charge < -0.3 is 8.94 Å². The van der Waals surface area contributed by atoms with E-state index in [1.54, 1.807) is 18.2 Å². The van der Waals surface area contributed by atoms with Gasteiger partial charge in [-0.3, -0.25) is 10.1 Å². The zero-order valence-electron chi connectivity index (χ0n) is 9.34. The fourth-order valence-electron chi connectivity index (χ4n) is 1.41. The number of rotatable bonds is 3. The average Bonchev–Trinajstić information content (AvgIpc) is 2.82. The van der Waals surface area contributed by atoms with Crippen LogP contribution in [0.4, 0.5) is 5.69 Å². The molecule has 0 saturated carbocycles. The van der Waals surface area contributed by atoms with Crippen LogP contribution in [-0.2, 0) is 0 Å². The summed E-state index contributed by atoms with van der Waals surface area (Å²) in [5, 5.41) is 14.3. The minimum absolute atomic E-state index is 0.113. The summed E-state index contributed by atoms with van der Waals surface area (Å²) in [4.78, 5) is 10.3. The maximum atomic E-state index is 10.8. The van der Waals surface area contributed by atoms with Gasteiger partial charge in [0.2, 0.25) is 5.76 Å². The Labute approximate surface area is 96.7 Å².